The number of quaternary nitrogens is 1. The molecule has 1 aromatic rings. The summed E-state index contributed by atoms with van der Waals surface area (Å²) in [5, 5.41) is 15.7. The lowest BCUT2D eigenvalue weighted by Crippen LogP contribution is -2.55. The van der Waals surface area contributed by atoms with E-state index in [4.69, 9.17) is 0 Å². The van der Waals surface area contributed by atoms with Gasteiger partial charge in [-0.3, -0.25) is 9.59 Å². The van der Waals surface area contributed by atoms with Gasteiger partial charge in [0.25, 0.3) is 5.91 Å². The fourth-order valence-corrected chi connectivity index (χ4v) is 1.29. The summed E-state index contributed by atoms with van der Waals surface area (Å²) in [5.41, 5.74) is 3.82. The zero-order valence-electron chi connectivity index (χ0n) is 9.78. The molecule has 0 heterocycles. The molecule has 0 unspecified atom stereocenters. The minimum Gasteiger partial charge on any atom is -0.545 e. The van der Waals surface area contributed by atoms with Gasteiger partial charge in [0.05, 0.1) is 17.3 Å². The van der Waals surface area contributed by atoms with Crippen molar-refractivity contribution < 1.29 is 25.2 Å². The second-order valence-corrected chi connectivity index (χ2v) is 3.53. The smallest absolute Gasteiger partial charge is 0.279 e. The van der Waals surface area contributed by atoms with E-state index in [1.807, 2.05) is 0 Å². The normalized spacial score (nSPS) is 9.67. The van der Waals surface area contributed by atoms with Crippen LogP contribution in [0.1, 0.15) is 17.3 Å². The average Bonchev–Trinajstić information content (AvgIpc) is 2.30. The highest BCUT2D eigenvalue weighted by atomic mass is 16.4. The van der Waals surface area contributed by atoms with Gasteiger partial charge in [-0.05, 0) is 17.7 Å². The first-order chi connectivity index (χ1) is 8.43. The Morgan fingerprint density at radius 3 is 2.39 bits per heavy atom. The Hall–Kier alpha value is -2.41. The molecule has 0 bridgehead atoms. The summed E-state index contributed by atoms with van der Waals surface area (Å²) in [7, 11) is 0. The van der Waals surface area contributed by atoms with E-state index in [-0.39, 0.29) is 23.7 Å². The maximum Gasteiger partial charge on any atom is 0.279 e. The molecule has 0 aromatic heterocycles. The van der Waals surface area contributed by atoms with Crippen molar-refractivity contribution in [3.05, 3.63) is 23.8 Å². The molecule has 2 amide bonds. The van der Waals surface area contributed by atoms with E-state index >= 15 is 0 Å². The predicted molar refractivity (Wildman–Crippen MR) is 61.5 cm³/mol. The first kappa shape index (κ1) is 13.7. The van der Waals surface area contributed by atoms with Crippen molar-refractivity contribution in [2.75, 3.05) is 17.2 Å². The van der Waals surface area contributed by atoms with Crippen LogP contribution in [0.25, 0.3) is 0 Å². The summed E-state index contributed by atoms with van der Waals surface area (Å²) < 4.78 is 0. The molecule has 18 heavy (non-hydrogen) atoms. The Kier molecular flexibility index (Phi) is 4.39. The molecule has 0 fully saturated rings. The van der Waals surface area contributed by atoms with E-state index in [2.05, 4.69) is 16.4 Å². The van der Waals surface area contributed by atoms with E-state index < -0.39 is 11.9 Å². The van der Waals surface area contributed by atoms with E-state index in [9.17, 15) is 19.5 Å². The number of hydrogen-bond donors (Lipinski definition) is 3. The van der Waals surface area contributed by atoms with Gasteiger partial charge in [0.2, 0.25) is 5.91 Å². The number of nitrogens with one attached hydrogen (secondary N) is 2. The number of rotatable bonds is 4. The standard InChI is InChI=1S/C11H13N3O4/c1-6(15)13-8-3-2-7(11(17)18)4-9(8)14-10(16)5-12/h2-4H,5,12H2,1H3,(H,13,15)(H,14,16)(H,17,18). The fraction of sp³-hybridized carbons (Fsp3) is 0.182. The van der Waals surface area contributed by atoms with Gasteiger partial charge in [-0.2, -0.15) is 0 Å². The van der Waals surface area contributed by atoms with Crippen LogP contribution in [-0.2, 0) is 9.59 Å². The summed E-state index contributed by atoms with van der Waals surface area (Å²) >= 11 is 0. The molecular weight excluding hydrogens is 238 g/mol. The SMILES string of the molecule is CC(=O)Nc1ccc(C(=O)[O-])cc1NC(=O)C[NH3+]. The Balaban J connectivity index is 3.12. The van der Waals surface area contributed by atoms with E-state index in [0.29, 0.717) is 5.69 Å². The zero-order chi connectivity index (χ0) is 13.7. The van der Waals surface area contributed by atoms with Crippen LogP contribution in [0.5, 0.6) is 0 Å². The van der Waals surface area contributed by atoms with Gasteiger partial charge < -0.3 is 26.3 Å². The number of aromatic carboxylic acids is 1. The third kappa shape index (κ3) is 3.56. The molecule has 0 spiro atoms. The number of hydrogen-bond acceptors (Lipinski definition) is 4. The highest BCUT2D eigenvalue weighted by Gasteiger charge is 2.09. The highest BCUT2D eigenvalue weighted by molar-refractivity contribution is 6.01. The minimum atomic E-state index is -1.37. The van der Waals surface area contributed by atoms with Crippen molar-refractivity contribution in [1.82, 2.24) is 0 Å². The van der Waals surface area contributed by atoms with Crippen LogP contribution in [0.4, 0.5) is 11.4 Å². The second kappa shape index (κ2) is 5.78. The molecule has 1 rings (SSSR count). The van der Waals surface area contributed by atoms with Gasteiger partial charge in [0, 0.05) is 6.92 Å². The van der Waals surface area contributed by atoms with Crippen LogP contribution < -0.4 is 21.5 Å². The molecule has 7 nitrogen and oxygen atoms in total. The first-order valence-electron chi connectivity index (χ1n) is 5.16. The lowest BCUT2D eigenvalue weighted by atomic mass is 10.1. The molecule has 1 aromatic carbocycles. The molecule has 0 saturated heterocycles. The van der Waals surface area contributed by atoms with E-state index in [0.717, 1.165) is 0 Å². The maximum atomic E-state index is 11.3. The number of benzene rings is 1. The lowest BCUT2D eigenvalue weighted by molar-refractivity contribution is -0.353. The van der Waals surface area contributed by atoms with Crippen molar-refractivity contribution in [3.8, 4) is 0 Å². The molecule has 96 valence electrons. The highest BCUT2D eigenvalue weighted by Crippen LogP contribution is 2.23. The summed E-state index contributed by atoms with van der Waals surface area (Å²) in [5.74, 6) is -2.09. The van der Waals surface area contributed by atoms with Crippen LogP contribution in [0.15, 0.2) is 18.2 Å². The number of carbonyl (C=O) groups is 3. The fourth-order valence-electron chi connectivity index (χ4n) is 1.29. The van der Waals surface area contributed by atoms with Crippen LogP contribution in [-0.4, -0.2) is 24.3 Å². The maximum absolute atomic E-state index is 11.3. The molecule has 7 heteroatoms. The summed E-state index contributed by atoms with van der Waals surface area (Å²) in [4.78, 5) is 32.9. The Morgan fingerprint density at radius 1 is 1.22 bits per heavy atom. The van der Waals surface area contributed by atoms with Crippen LogP contribution in [0.3, 0.4) is 0 Å². The molecular formula is C11H13N3O4. The van der Waals surface area contributed by atoms with E-state index in [1.54, 1.807) is 0 Å². The molecule has 5 N–H and O–H groups in total. The number of carbonyl (C=O) groups excluding carboxylic acids is 3. The molecule has 0 saturated carbocycles. The Labute approximate surface area is 103 Å². The minimum absolute atomic E-state index is 0.00490. The molecule has 0 radical (unpaired) electrons. The number of carboxylic acid groups (broad SMARTS) is 1. The van der Waals surface area contributed by atoms with E-state index in [1.165, 1.54) is 25.1 Å². The summed E-state index contributed by atoms with van der Waals surface area (Å²) in [6.45, 7) is 1.30. The summed E-state index contributed by atoms with van der Waals surface area (Å²) in [6.07, 6.45) is 0. The van der Waals surface area contributed by atoms with Gasteiger partial charge >= 0.3 is 0 Å². The van der Waals surface area contributed by atoms with Gasteiger partial charge in [0.1, 0.15) is 0 Å². The topological polar surface area (TPSA) is 126 Å². The van der Waals surface area contributed by atoms with Crippen LogP contribution in [0, 0.1) is 0 Å². The Bertz CT molecular complexity index is 499. The van der Waals surface area contributed by atoms with Gasteiger partial charge in [0.15, 0.2) is 6.54 Å². The average molecular weight is 251 g/mol. The monoisotopic (exact) mass is 251 g/mol. The van der Waals surface area contributed by atoms with Crippen molar-refractivity contribution in [2.24, 2.45) is 0 Å². The quantitative estimate of drug-likeness (QED) is 0.583. The summed E-state index contributed by atoms with van der Waals surface area (Å²) in [6, 6.07) is 3.87. The van der Waals surface area contributed by atoms with Gasteiger partial charge in [-0.15, -0.1) is 0 Å². The third-order valence-electron chi connectivity index (χ3n) is 2.07. The first-order valence-corrected chi connectivity index (χ1v) is 5.16. The number of carboxylic acids is 1. The van der Waals surface area contributed by atoms with Crippen molar-refractivity contribution in [1.29, 1.82) is 0 Å². The largest absolute Gasteiger partial charge is 0.545 e. The zero-order valence-corrected chi connectivity index (χ0v) is 9.78. The van der Waals surface area contributed by atoms with Gasteiger partial charge in [-0.25, -0.2) is 0 Å². The number of amides is 2. The lowest BCUT2D eigenvalue weighted by Gasteiger charge is -2.12. The van der Waals surface area contributed by atoms with Gasteiger partial charge in [-0.1, -0.05) is 6.07 Å². The molecule has 0 aliphatic carbocycles. The Morgan fingerprint density at radius 2 is 1.89 bits per heavy atom. The van der Waals surface area contributed by atoms with Crippen molar-refractivity contribution in [3.63, 3.8) is 0 Å². The van der Waals surface area contributed by atoms with Crippen LogP contribution in [0.2, 0.25) is 0 Å². The van der Waals surface area contributed by atoms with Crippen LogP contribution >= 0.6 is 0 Å². The molecule has 0 atom stereocenters. The predicted octanol–water partition coefficient (Wildman–Crippen LogP) is -1.81. The van der Waals surface area contributed by atoms with Crippen molar-refractivity contribution >= 4 is 29.2 Å². The third-order valence-corrected chi connectivity index (χ3v) is 2.07. The van der Waals surface area contributed by atoms with Crippen molar-refractivity contribution in [2.45, 2.75) is 6.92 Å². The second-order valence-electron chi connectivity index (χ2n) is 3.53. The molecule has 0 aliphatic rings. The number of anilines is 2. The molecule has 0 aliphatic heterocycles.